The number of hydrogen-bond donors (Lipinski definition) is 4. The zero-order chi connectivity index (χ0) is 27.3. The van der Waals surface area contributed by atoms with Gasteiger partial charge in [-0.05, 0) is 11.6 Å². The van der Waals surface area contributed by atoms with Crippen molar-refractivity contribution in [3.8, 4) is 17.1 Å². The fraction of sp³-hybridized carbons (Fsp3) is 0.370. The van der Waals surface area contributed by atoms with Crippen molar-refractivity contribution in [3.63, 3.8) is 0 Å². The quantitative estimate of drug-likeness (QED) is 0.178. The van der Waals surface area contributed by atoms with Gasteiger partial charge in [-0.2, -0.15) is 0 Å². The molecule has 12 nitrogen and oxygen atoms in total. The molecule has 0 aliphatic carbocycles. The zero-order valence-corrected chi connectivity index (χ0v) is 22.1. The van der Waals surface area contributed by atoms with Gasteiger partial charge >= 0.3 is 0 Å². The number of rotatable bonds is 14. The smallest absolute Gasteiger partial charge is 0.169 e. The Balaban J connectivity index is 1.34. The maximum absolute atomic E-state index is 7.72. The third kappa shape index (κ3) is 8.43. The van der Waals surface area contributed by atoms with Crippen LogP contribution in [0.15, 0.2) is 49.1 Å². The number of nitrogens with two attached hydrogens (primary N) is 1. The summed E-state index contributed by atoms with van der Waals surface area (Å²) < 4.78 is 16.2. The number of hydrogen-bond acceptors (Lipinski definition) is 12. The Morgan fingerprint density at radius 3 is 2.74 bits per heavy atom. The number of allylic oxidation sites excluding steroid dienone is 1. The van der Waals surface area contributed by atoms with Crippen LogP contribution in [0.25, 0.3) is 17.0 Å². The largest absolute Gasteiger partial charge is 0.489 e. The van der Waals surface area contributed by atoms with Crippen molar-refractivity contribution >= 4 is 23.4 Å². The van der Waals surface area contributed by atoms with Crippen LogP contribution >= 0.6 is 0 Å². The lowest BCUT2D eigenvalue weighted by atomic mass is 10.1. The average molecular weight is 534 g/mol. The van der Waals surface area contributed by atoms with Crippen LogP contribution in [0.1, 0.15) is 11.3 Å². The highest BCUT2D eigenvalue weighted by molar-refractivity contribution is 6.07. The van der Waals surface area contributed by atoms with Gasteiger partial charge in [-0.3, -0.25) is 4.90 Å². The summed E-state index contributed by atoms with van der Waals surface area (Å²) in [7, 11) is 1.63. The molecule has 0 radical (unpaired) electrons. The molecule has 3 heterocycles. The summed E-state index contributed by atoms with van der Waals surface area (Å²) in [5.74, 6) is 1.97. The second kappa shape index (κ2) is 14.7. The highest BCUT2D eigenvalue weighted by atomic mass is 16.5. The maximum Gasteiger partial charge on any atom is 0.169 e. The number of anilines is 2. The van der Waals surface area contributed by atoms with Crippen LogP contribution in [-0.4, -0.2) is 90.8 Å². The van der Waals surface area contributed by atoms with Gasteiger partial charge in [0.1, 0.15) is 6.61 Å². The molecule has 5 N–H and O–H groups in total. The molecule has 1 aliphatic heterocycles. The molecule has 1 aromatic carbocycles. The SMILES string of the molecule is COCCN/C=C(\C=N)c1cnc(N)c(NCc2cccc(-c3ncc(OCCN4CCOCC4)cn3)c2)n1. The average Bonchev–Trinajstić information content (AvgIpc) is 2.98. The molecule has 0 spiro atoms. The molecule has 4 rings (SSSR count). The van der Waals surface area contributed by atoms with Crippen LogP contribution in [-0.2, 0) is 16.0 Å². The van der Waals surface area contributed by atoms with Gasteiger partial charge in [0.25, 0.3) is 0 Å². The third-order valence-corrected chi connectivity index (χ3v) is 6.01. The first-order chi connectivity index (χ1) is 19.2. The molecule has 1 aliphatic rings. The number of morpholine rings is 1. The molecule has 0 atom stereocenters. The Morgan fingerprint density at radius 2 is 1.97 bits per heavy atom. The first kappa shape index (κ1) is 27.9. The fourth-order valence-corrected chi connectivity index (χ4v) is 3.86. The Labute approximate surface area is 228 Å². The lowest BCUT2D eigenvalue weighted by Crippen LogP contribution is -2.38. The van der Waals surface area contributed by atoms with Gasteiger partial charge < -0.3 is 36.0 Å². The number of benzene rings is 1. The molecule has 1 fully saturated rings. The van der Waals surface area contributed by atoms with Crippen molar-refractivity contribution in [2.45, 2.75) is 6.54 Å². The Morgan fingerprint density at radius 1 is 1.15 bits per heavy atom. The number of nitrogens with zero attached hydrogens (tertiary/aromatic N) is 5. The molecular weight excluding hydrogens is 498 g/mol. The number of aromatic nitrogens is 4. The molecule has 12 heteroatoms. The molecule has 3 aromatic rings. The Kier molecular flexibility index (Phi) is 10.5. The monoisotopic (exact) mass is 533 g/mol. The van der Waals surface area contributed by atoms with E-state index in [2.05, 4.69) is 35.5 Å². The van der Waals surface area contributed by atoms with E-state index in [-0.39, 0.29) is 5.82 Å². The lowest BCUT2D eigenvalue weighted by Gasteiger charge is -2.26. The van der Waals surface area contributed by atoms with Gasteiger partial charge in [-0.15, -0.1) is 0 Å². The van der Waals surface area contributed by atoms with Crippen LogP contribution in [0.2, 0.25) is 0 Å². The maximum atomic E-state index is 7.72. The van der Waals surface area contributed by atoms with Crippen LogP contribution in [0.3, 0.4) is 0 Å². The second-order valence-electron chi connectivity index (χ2n) is 8.78. The van der Waals surface area contributed by atoms with E-state index in [1.54, 1.807) is 31.9 Å². The summed E-state index contributed by atoms with van der Waals surface area (Å²) in [4.78, 5) is 20.1. The predicted octanol–water partition coefficient (Wildman–Crippen LogP) is 2.07. The minimum Gasteiger partial charge on any atom is -0.489 e. The lowest BCUT2D eigenvalue weighted by molar-refractivity contribution is 0.0322. The molecule has 0 amide bonds. The Hall–Kier alpha value is -4.13. The summed E-state index contributed by atoms with van der Waals surface area (Å²) in [5, 5.41) is 14.1. The number of ether oxygens (including phenoxy) is 3. The first-order valence-corrected chi connectivity index (χ1v) is 12.8. The highest BCUT2D eigenvalue weighted by Gasteiger charge is 2.11. The molecule has 0 bridgehead atoms. The van der Waals surface area contributed by atoms with E-state index in [4.69, 9.17) is 25.4 Å². The molecule has 39 heavy (non-hydrogen) atoms. The number of methoxy groups -OCH3 is 1. The Bertz CT molecular complexity index is 1230. The highest BCUT2D eigenvalue weighted by Crippen LogP contribution is 2.21. The minimum absolute atomic E-state index is 0.277. The van der Waals surface area contributed by atoms with Gasteiger partial charge in [-0.1, -0.05) is 18.2 Å². The molecular formula is C27H35N9O3. The molecule has 0 saturated carbocycles. The van der Waals surface area contributed by atoms with Crippen molar-refractivity contribution in [2.24, 2.45) is 0 Å². The normalized spacial score (nSPS) is 14.1. The topological polar surface area (TPSA) is 156 Å². The van der Waals surface area contributed by atoms with Crippen LogP contribution < -0.4 is 21.1 Å². The molecule has 1 saturated heterocycles. The summed E-state index contributed by atoms with van der Waals surface area (Å²) in [6.45, 7) is 6.49. The van der Waals surface area contributed by atoms with E-state index in [1.807, 2.05) is 24.3 Å². The minimum atomic E-state index is 0.277. The summed E-state index contributed by atoms with van der Waals surface area (Å²) in [6.07, 6.45) is 7.87. The number of nitrogens with one attached hydrogen (secondary N) is 3. The molecule has 206 valence electrons. The van der Waals surface area contributed by atoms with Crippen molar-refractivity contribution in [1.82, 2.24) is 30.2 Å². The van der Waals surface area contributed by atoms with Gasteiger partial charge in [0.2, 0.25) is 0 Å². The summed E-state index contributed by atoms with van der Waals surface area (Å²) in [5.41, 5.74) is 9.05. The number of nitrogen functional groups attached to an aromatic ring is 1. The second-order valence-corrected chi connectivity index (χ2v) is 8.78. The van der Waals surface area contributed by atoms with Gasteiger partial charge in [-0.25, -0.2) is 19.9 Å². The van der Waals surface area contributed by atoms with Crippen molar-refractivity contribution in [3.05, 3.63) is 60.3 Å². The summed E-state index contributed by atoms with van der Waals surface area (Å²) in [6, 6.07) is 7.92. The molecule has 2 aromatic heterocycles. The van der Waals surface area contributed by atoms with Crippen molar-refractivity contribution in [2.75, 3.05) is 70.8 Å². The summed E-state index contributed by atoms with van der Waals surface area (Å²) >= 11 is 0. The zero-order valence-electron chi connectivity index (χ0n) is 22.1. The van der Waals surface area contributed by atoms with Crippen molar-refractivity contribution in [1.29, 1.82) is 5.41 Å². The third-order valence-electron chi connectivity index (χ3n) is 6.01. The molecule has 0 unspecified atom stereocenters. The van der Waals surface area contributed by atoms with Crippen LogP contribution in [0.5, 0.6) is 5.75 Å². The first-order valence-electron chi connectivity index (χ1n) is 12.8. The van der Waals surface area contributed by atoms with E-state index in [9.17, 15) is 0 Å². The van der Waals surface area contributed by atoms with Crippen LogP contribution in [0.4, 0.5) is 11.6 Å². The van der Waals surface area contributed by atoms with Gasteiger partial charge in [0.05, 0.1) is 44.1 Å². The standard InChI is InChI=1S/C27H35N9O3/c1-37-9-5-30-16-22(14-28)24-19-31-25(29)27(35-24)32-15-20-3-2-4-21(13-20)26-33-17-23(18-34-26)39-12-8-36-6-10-38-11-7-36/h2-4,13-14,16-19,28,30H,5-12,15H2,1H3,(H2,29,31)(H,32,35)/b22-16+,28-14?. The van der Waals surface area contributed by atoms with Crippen LogP contribution in [0, 0.1) is 5.41 Å². The van der Waals surface area contributed by atoms with Crippen molar-refractivity contribution < 1.29 is 14.2 Å². The van der Waals surface area contributed by atoms with E-state index in [0.29, 0.717) is 55.0 Å². The van der Waals surface area contributed by atoms with E-state index in [0.717, 1.165) is 44.0 Å². The van der Waals surface area contributed by atoms with Gasteiger partial charge in [0.15, 0.2) is 23.2 Å². The predicted molar refractivity (Wildman–Crippen MR) is 151 cm³/mol. The fourth-order valence-electron chi connectivity index (χ4n) is 3.86. The van der Waals surface area contributed by atoms with Gasteiger partial charge in [0, 0.05) is 63.4 Å². The van der Waals surface area contributed by atoms with E-state index >= 15 is 0 Å². The van der Waals surface area contributed by atoms with E-state index in [1.165, 1.54) is 6.21 Å². The van der Waals surface area contributed by atoms with E-state index < -0.39 is 0 Å².